The molecule has 0 aromatic carbocycles. The topological polar surface area (TPSA) is 54.9 Å². The van der Waals surface area contributed by atoms with E-state index in [9.17, 15) is 4.79 Å². The highest BCUT2D eigenvalue weighted by molar-refractivity contribution is 9.10. The summed E-state index contributed by atoms with van der Waals surface area (Å²) in [6.45, 7) is 0. The van der Waals surface area contributed by atoms with Crippen LogP contribution < -0.4 is 5.32 Å². The van der Waals surface area contributed by atoms with E-state index < -0.39 is 5.91 Å². The Kier molecular flexibility index (Phi) is 4.16. The van der Waals surface area contributed by atoms with E-state index in [1.54, 1.807) is 24.3 Å². The van der Waals surface area contributed by atoms with Crippen molar-refractivity contribution in [2.24, 2.45) is 0 Å². The van der Waals surface area contributed by atoms with Gasteiger partial charge in [0.2, 0.25) is 0 Å². The monoisotopic (exact) mass is 345 g/mol. The fourth-order valence-electron chi connectivity index (χ4n) is 1.24. The van der Waals surface area contributed by atoms with Gasteiger partial charge in [-0.2, -0.15) is 0 Å². The van der Waals surface area contributed by atoms with Gasteiger partial charge in [-0.3, -0.25) is 4.79 Å². The van der Waals surface area contributed by atoms with Crippen molar-refractivity contribution in [3.05, 3.63) is 50.8 Å². The number of halogens is 3. The number of amides is 1. The van der Waals surface area contributed by atoms with Gasteiger partial charge in [-0.1, -0.05) is 29.3 Å². The largest absolute Gasteiger partial charge is 0.306 e. The summed E-state index contributed by atoms with van der Waals surface area (Å²) in [6, 6.07) is 6.51. The Morgan fingerprint density at radius 3 is 2.83 bits per heavy atom. The standard InChI is InChI=1S/C11H6BrCl2N3O/c12-6-4-7(10(14)15-5-6)11(18)17-9-3-1-2-8(13)16-9/h1-5H,(H,16,17,18). The highest BCUT2D eigenvalue weighted by Gasteiger charge is 2.12. The number of rotatable bonds is 2. The molecule has 2 aromatic heterocycles. The van der Waals surface area contributed by atoms with E-state index in [0.29, 0.717) is 15.4 Å². The van der Waals surface area contributed by atoms with Crippen LogP contribution in [0.25, 0.3) is 0 Å². The lowest BCUT2D eigenvalue weighted by atomic mass is 10.2. The number of pyridine rings is 2. The van der Waals surface area contributed by atoms with Gasteiger partial charge in [0.15, 0.2) is 0 Å². The van der Waals surface area contributed by atoms with Crippen LogP contribution in [0.15, 0.2) is 34.9 Å². The van der Waals surface area contributed by atoms with Crippen LogP contribution in [0.5, 0.6) is 0 Å². The predicted octanol–water partition coefficient (Wildman–Crippen LogP) is 3.80. The maximum absolute atomic E-state index is 12.0. The number of nitrogens with one attached hydrogen (secondary N) is 1. The maximum atomic E-state index is 12.0. The van der Waals surface area contributed by atoms with Crippen LogP contribution in [-0.2, 0) is 0 Å². The number of anilines is 1. The Balaban J connectivity index is 2.24. The summed E-state index contributed by atoms with van der Waals surface area (Å²) in [7, 11) is 0. The van der Waals surface area contributed by atoms with E-state index >= 15 is 0 Å². The van der Waals surface area contributed by atoms with Gasteiger partial charge in [-0.25, -0.2) is 9.97 Å². The molecule has 0 fully saturated rings. The Morgan fingerprint density at radius 1 is 1.33 bits per heavy atom. The third kappa shape index (κ3) is 3.19. The average Bonchev–Trinajstić information content (AvgIpc) is 2.32. The molecule has 0 bridgehead atoms. The van der Waals surface area contributed by atoms with E-state index in [1.807, 2.05) is 0 Å². The highest BCUT2D eigenvalue weighted by Crippen LogP contribution is 2.19. The zero-order valence-corrected chi connectivity index (χ0v) is 11.9. The molecule has 7 heteroatoms. The van der Waals surface area contributed by atoms with Crippen LogP contribution in [0.2, 0.25) is 10.3 Å². The lowest BCUT2D eigenvalue weighted by molar-refractivity contribution is 0.102. The molecule has 2 aromatic rings. The molecule has 0 atom stereocenters. The summed E-state index contributed by atoms with van der Waals surface area (Å²) in [6.07, 6.45) is 1.51. The van der Waals surface area contributed by atoms with Crippen LogP contribution in [0.4, 0.5) is 5.82 Å². The van der Waals surface area contributed by atoms with Crippen molar-refractivity contribution in [3.63, 3.8) is 0 Å². The molecule has 4 nitrogen and oxygen atoms in total. The second-order valence-electron chi connectivity index (χ2n) is 3.29. The van der Waals surface area contributed by atoms with Gasteiger partial charge in [0.1, 0.15) is 16.1 Å². The van der Waals surface area contributed by atoms with Crippen molar-refractivity contribution < 1.29 is 4.79 Å². The maximum Gasteiger partial charge on any atom is 0.259 e. The number of nitrogens with zero attached hydrogens (tertiary/aromatic N) is 2. The van der Waals surface area contributed by atoms with E-state index in [2.05, 4.69) is 31.2 Å². The number of hydrogen-bond donors (Lipinski definition) is 1. The Hall–Kier alpha value is -1.17. The Labute approximate surface area is 121 Å². The first-order valence-corrected chi connectivity index (χ1v) is 6.36. The van der Waals surface area contributed by atoms with Crippen LogP contribution in [0.3, 0.4) is 0 Å². The molecule has 0 unspecified atom stereocenters. The van der Waals surface area contributed by atoms with E-state index in [0.717, 1.165) is 0 Å². The SMILES string of the molecule is O=C(Nc1cccc(Cl)n1)c1cc(Br)cnc1Cl. The molecule has 0 saturated carbocycles. The second kappa shape index (κ2) is 5.65. The third-order valence-corrected chi connectivity index (χ3v) is 2.95. The van der Waals surface area contributed by atoms with Gasteiger partial charge in [-0.15, -0.1) is 0 Å². The first kappa shape index (κ1) is 13.3. The van der Waals surface area contributed by atoms with E-state index in [1.165, 1.54) is 6.20 Å². The normalized spacial score (nSPS) is 10.2. The summed E-state index contributed by atoms with van der Waals surface area (Å²) in [5.74, 6) is -0.0490. The molecule has 18 heavy (non-hydrogen) atoms. The molecule has 2 rings (SSSR count). The minimum atomic E-state index is -0.399. The molecular formula is C11H6BrCl2N3O. The highest BCUT2D eigenvalue weighted by atomic mass is 79.9. The first-order chi connectivity index (χ1) is 8.56. The summed E-state index contributed by atoms with van der Waals surface area (Å²) < 4.78 is 0.663. The lowest BCUT2D eigenvalue weighted by Gasteiger charge is -2.06. The zero-order valence-electron chi connectivity index (χ0n) is 8.82. The molecule has 0 aliphatic carbocycles. The van der Waals surface area contributed by atoms with Crippen LogP contribution in [-0.4, -0.2) is 15.9 Å². The first-order valence-electron chi connectivity index (χ1n) is 4.81. The van der Waals surface area contributed by atoms with Gasteiger partial charge >= 0.3 is 0 Å². The number of aromatic nitrogens is 2. The molecule has 0 aliphatic rings. The van der Waals surface area contributed by atoms with Gasteiger partial charge < -0.3 is 5.32 Å². The Bertz CT molecular complexity index is 607. The fraction of sp³-hybridized carbons (Fsp3) is 0. The zero-order chi connectivity index (χ0) is 13.1. The quantitative estimate of drug-likeness (QED) is 0.841. The fourth-order valence-corrected chi connectivity index (χ4v) is 1.93. The van der Waals surface area contributed by atoms with Gasteiger partial charge in [0.05, 0.1) is 5.56 Å². The Morgan fingerprint density at radius 2 is 2.11 bits per heavy atom. The smallest absolute Gasteiger partial charge is 0.259 e. The summed E-state index contributed by atoms with van der Waals surface area (Å²) >= 11 is 14.8. The molecule has 1 amide bonds. The van der Waals surface area contributed by atoms with Crippen molar-refractivity contribution in [1.82, 2.24) is 9.97 Å². The van der Waals surface area contributed by atoms with Crippen LogP contribution >= 0.6 is 39.1 Å². The molecule has 2 heterocycles. The molecule has 0 radical (unpaired) electrons. The van der Waals surface area contributed by atoms with E-state index in [-0.39, 0.29) is 10.7 Å². The van der Waals surface area contributed by atoms with Crippen LogP contribution in [0.1, 0.15) is 10.4 Å². The molecule has 0 saturated heterocycles. The number of carbonyl (C=O) groups is 1. The van der Waals surface area contributed by atoms with Crippen molar-refractivity contribution in [1.29, 1.82) is 0 Å². The van der Waals surface area contributed by atoms with Crippen molar-refractivity contribution in [2.75, 3.05) is 5.32 Å². The summed E-state index contributed by atoms with van der Waals surface area (Å²) in [5, 5.41) is 3.01. The second-order valence-corrected chi connectivity index (χ2v) is 4.95. The molecule has 1 N–H and O–H groups in total. The molecule has 92 valence electrons. The van der Waals surface area contributed by atoms with Crippen molar-refractivity contribution in [2.45, 2.75) is 0 Å². The minimum absolute atomic E-state index is 0.123. The molecule has 0 aliphatic heterocycles. The lowest BCUT2D eigenvalue weighted by Crippen LogP contribution is -2.14. The molecular weight excluding hydrogens is 341 g/mol. The average molecular weight is 347 g/mol. The molecule has 0 spiro atoms. The van der Waals surface area contributed by atoms with Crippen molar-refractivity contribution >= 4 is 50.9 Å². The van der Waals surface area contributed by atoms with Gasteiger partial charge in [0.25, 0.3) is 5.91 Å². The number of carbonyl (C=O) groups excluding carboxylic acids is 1. The van der Waals surface area contributed by atoms with Crippen molar-refractivity contribution in [3.8, 4) is 0 Å². The summed E-state index contributed by atoms with van der Waals surface area (Å²) in [4.78, 5) is 19.8. The van der Waals surface area contributed by atoms with E-state index in [4.69, 9.17) is 23.2 Å². The third-order valence-electron chi connectivity index (χ3n) is 2.01. The van der Waals surface area contributed by atoms with Gasteiger partial charge in [-0.05, 0) is 34.1 Å². The number of hydrogen-bond acceptors (Lipinski definition) is 3. The van der Waals surface area contributed by atoms with Crippen LogP contribution in [0, 0.1) is 0 Å². The minimum Gasteiger partial charge on any atom is -0.306 e. The summed E-state index contributed by atoms with van der Waals surface area (Å²) in [5.41, 5.74) is 0.257. The predicted molar refractivity (Wildman–Crippen MR) is 74.1 cm³/mol. The van der Waals surface area contributed by atoms with Gasteiger partial charge in [0, 0.05) is 10.7 Å².